The molecular formula is C13H37N3O. The van der Waals surface area contributed by atoms with Crippen LogP contribution >= 0.6 is 0 Å². The number of ketones is 1. The van der Waals surface area contributed by atoms with Crippen LogP contribution in [0, 0.1) is 0 Å². The van der Waals surface area contributed by atoms with E-state index in [-0.39, 0.29) is 14.6 Å². The summed E-state index contributed by atoms with van der Waals surface area (Å²) in [6, 6.07) is 0.634. The second-order valence-corrected chi connectivity index (χ2v) is 3.52. The molecule has 0 aliphatic carbocycles. The van der Waals surface area contributed by atoms with E-state index >= 15 is 0 Å². The third kappa shape index (κ3) is 252. The van der Waals surface area contributed by atoms with Crippen molar-refractivity contribution in [3.63, 3.8) is 0 Å². The molecule has 0 aromatic heterocycles. The molecule has 0 amide bonds. The molecule has 0 unspecified atom stereocenters. The van der Waals surface area contributed by atoms with E-state index in [0.29, 0.717) is 6.04 Å². The second-order valence-electron chi connectivity index (χ2n) is 3.52. The van der Waals surface area contributed by atoms with Crippen LogP contribution in [0.5, 0.6) is 0 Å². The molecule has 0 fully saturated rings. The molecule has 0 aliphatic rings. The van der Waals surface area contributed by atoms with E-state index in [1.165, 1.54) is 20.9 Å². The lowest BCUT2D eigenvalue weighted by atomic mass is 10.4. The van der Waals surface area contributed by atoms with Crippen molar-refractivity contribution in [2.75, 3.05) is 21.1 Å². The predicted octanol–water partition coefficient (Wildman–Crippen LogP) is 2.76. The fourth-order valence-corrected chi connectivity index (χ4v) is 0. The van der Waals surface area contributed by atoms with Gasteiger partial charge in [-0.05, 0) is 41.8 Å². The summed E-state index contributed by atoms with van der Waals surface area (Å²) in [5, 5.41) is 3.03. The first-order chi connectivity index (χ1) is 7.27. The van der Waals surface area contributed by atoms with Crippen molar-refractivity contribution in [3.8, 4) is 0 Å². The summed E-state index contributed by atoms with van der Waals surface area (Å²) in [6.45, 7) is 11.2. The number of aliphatic imine (C=N–C) groups is 1. The number of nitrogens with one attached hydrogen (secondary N) is 1. The van der Waals surface area contributed by atoms with Gasteiger partial charge in [0.05, 0.1) is 0 Å². The third-order valence-electron chi connectivity index (χ3n) is 1.02. The monoisotopic (exact) mass is 251 g/mol. The van der Waals surface area contributed by atoms with Gasteiger partial charge in [-0.15, -0.1) is 0 Å². The number of hydrogen-bond acceptors (Lipinski definition) is 4. The molecule has 0 aromatic carbocycles. The maximum absolute atomic E-state index is 9.44. The topological polar surface area (TPSA) is 67.5 Å². The number of nitrogens with zero attached hydrogens (tertiary/aromatic N) is 1. The largest absolute Gasteiger partial charge is 0.333 e. The number of hydrogen-bond donors (Lipinski definition) is 2. The number of rotatable bonds is 1. The van der Waals surface area contributed by atoms with E-state index in [4.69, 9.17) is 0 Å². The molecule has 0 atom stereocenters. The van der Waals surface area contributed by atoms with Crippen LogP contribution in [0.1, 0.15) is 50.4 Å². The van der Waals surface area contributed by atoms with Crippen LogP contribution in [0.2, 0.25) is 0 Å². The van der Waals surface area contributed by atoms with Gasteiger partial charge in [-0.25, -0.2) is 0 Å². The van der Waals surface area contributed by atoms with Crippen molar-refractivity contribution in [1.29, 1.82) is 0 Å². The number of nitrogens with two attached hydrogens (primary N) is 1. The van der Waals surface area contributed by atoms with Crippen molar-refractivity contribution >= 4 is 11.5 Å². The Bertz CT molecular complexity index is 152. The summed E-state index contributed by atoms with van der Waals surface area (Å²) in [7, 11) is 5.24. The minimum absolute atomic E-state index is 0. The van der Waals surface area contributed by atoms with Gasteiger partial charge >= 0.3 is 0 Å². The highest BCUT2D eigenvalue weighted by molar-refractivity contribution is 5.78. The van der Waals surface area contributed by atoms with Crippen molar-refractivity contribution in [3.05, 3.63) is 0 Å². The number of carbonyl (C=O) groups is 1. The molecule has 0 heterocycles. The molecule has 4 nitrogen and oxygen atoms in total. The van der Waals surface area contributed by atoms with E-state index in [0.717, 1.165) is 5.71 Å². The lowest BCUT2D eigenvalue weighted by Gasteiger charge is -1.95. The molecule has 0 saturated carbocycles. The quantitative estimate of drug-likeness (QED) is 0.704. The van der Waals surface area contributed by atoms with Crippen molar-refractivity contribution in [1.82, 2.24) is 5.32 Å². The van der Waals surface area contributed by atoms with E-state index < -0.39 is 0 Å². The first-order valence-electron chi connectivity index (χ1n) is 5.40. The molecule has 4 heteroatoms. The Kier molecular flexibility index (Phi) is 51.8. The smallest absolute Gasteiger partial charge is 0.126 e. The molecule has 0 aromatic rings. The summed E-state index contributed by atoms with van der Waals surface area (Å²) >= 11 is 0. The average Bonchev–Trinajstić information content (AvgIpc) is 2.20. The van der Waals surface area contributed by atoms with Gasteiger partial charge in [0.15, 0.2) is 0 Å². The van der Waals surface area contributed by atoms with Crippen molar-refractivity contribution < 1.29 is 6.22 Å². The maximum atomic E-state index is 9.44. The van der Waals surface area contributed by atoms with E-state index in [2.05, 4.69) is 29.9 Å². The van der Waals surface area contributed by atoms with E-state index in [1.807, 2.05) is 20.9 Å². The average molecular weight is 251 g/mol. The fourth-order valence-electron chi connectivity index (χ4n) is 0. The molecule has 17 heavy (non-hydrogen) atoms. The minimum Gasteiger partial charge on any atom is -0.333 e. The fraction of sp³-hybridized carbons (Fsp3) is 0.846. The van der Waals surface area contributed by atoms with Gasteiger partial charge < -0.3 is 15.8 Å². The van der Waals surface area contributed by atoms with Crippen LogP contribution in [0.4, 0.5) is 0 Å². The molecule has 0 bridgehead atoms. The SMILES string of the molecule is C.CC(C)=O.CN.CN=C(C)C.CNC(C)C.[HH]. The van der Waals surface area contributed by atoms with Gasteiger partial charge in [-0.1, -0.05) is 21.3 Å². The van der Waals surface area contributed by atoms with Crippen molar-refractivity contribution in [2.45, 2.75) is 55.0 Å². The Hall–Kier alpha value is -0.740. The molecule has 0 radical (unpaired) electrons. The Labute approximate surface area is 111 Å². The van der Waals surface area contributed by atoms with Gasteiger partial charge in [0.2, 0.25) is 0 Å². The first kappa shape index (κ1) is 29.9. The van der Waals surface area contributed by atoms with E-state index in [1.54, 1.807) is 7.05 Å². The van der Waals surface area contributed by atoms with Crippen LogP contribution in [0.15, 0.2) is 4.99 Å². The number of carbonyl (C=O) groups excluding carboxylic acids is 1. The Balaban J connectivity index is -0.0000000268. The lowest BCUT2D eigenvalue weighted by molar-refractivity contribution is -0.114. The standard InChI is InChI=1S/C4H11N.C4H9N.C3H6O.CH5N.CH4.H2/c2*1-4(2)5-3;1-3(2)4;1-2;;/h4-5H,1-3H3;1-3H3;1-2H3;2H2,1H3;1H4;1H. The zero-order valence-corrected chi connectivity index (χ0v) is 12.5. The van der Waals surface area contributed by atoms with Gasteiger partial charge in [-0.2, -0.15) is 0 Å². The number of Topliss-reactive ketones (excluding diaryl/α,β-unsaturated/α-hetero) is 1. The second kappa shape index (κ2) is 29.5. The predicted molar refractivity (Wildman–Crippen MR) is 84.2 cm³/mol. The molecule has 3 N–H and O–H groups in total. The van der Waals surface area contributed by atoms with E-state index in [9.17, 15) is 4.79 Å². The molecule has 0 rings (SSSR count). The lowest BCUT2D eigenvalue weighted by Crippen LogP contribution is -2.15. The zero-order chi connectivity index (χ0) is 14.1. The van der Waals surface area contributed by atoms with Gasteiger partial charge in [-0.3, -0.25) is 4.99 Å². The Morgan fingerprint density at radius 3 is 1.29 bits per heavy atom. The normalized spacial score (nSPS) is 6.76. The van der Waals surface area contributed by atoms with Crippen LogP contribution in [0.25, 0.3) is 0 Å². The third-order valence-corrected chi connectivity index (χ3v) is 1.02. The zero-order valence-electron chi connectivity index (χ0n) is 12.5. The molecule has 110 valence electrons. The van der Waals surface area contributed by atoms with Crippen LogP contribution in [-0.2, 0) is 4.79 Å². The highest BCUT2D eigenvalue weighted by Gasteiger charge is 1.76. The summed E-state index contributed by atoms with van der Waals surface area (Å²) < 4.78 is 0. The molecular weight excluding hydrogens is 214 g/mol. The Morgan fingerprint density at radius 2 is 1.29 bits per heavy atom. The Morgan fingerprint density at radius 1 is 1.18 bits per heavy atom. The minimum atomic E-state index is 0. The van der Waals surface area contributed by atoms with Gasteiger partial charge in [0.1, 0.15) is 5.78 Å². The van der Waals surface area contributed by atoms with Crippen LogP contribution < -0.4 is 11.1 Å². The highest BCUT2D eigenvalue weighted by Crippen LogP contribution is 1.66. The van der Waals surface area contributed by atoms with Gasteiger partial charge in [0.25, 0.3) is 0 Å². The molecule has 0 saturated heterocycles. The summed E-state index contributed by atoms with van der Waals surface area (Å²) in [6.07, 6.45) is 0. The van der Waals surface area contributed by atoms with Gasteiger partial charge in [0, 0.05) is 20.2 Å². The van der Waals surface area contributed by atoms with Crippen LogP contribution in [0.3, 0.4) is 0 Å². The van der Waals surface area contributed by atoms with Crippen molar-refractivity contribution in [2.24, 2.45) is 10.7 Å². The molecule has 0 aliphatic heterocycles. The summed E-state index contributed by atoms with van der Waals surface area (Å²) in [4.78, 5) is 13.2. The maximum Gasteiger partial charge on any atom is 0.126 e. The summed E-state index contributed by atoms with van der Waals surface area (Å²) in [5.74, 6) is 0.167. The van der Waals surface area contributed by atoms with Crippen LogP contribution in [-0.4, -0.2) is 38.7 Å². The molecule has 0 spiro atoms. The summed E-state index contributed by atoms with van der Waals surface area (Å²) in [5.41, 5.74) is 5.63. The highest BCUT2D eigenvalue weighted by atomic mass is 16.1. The first-order valence-corrected chi connectivity index (χ1v) is 5.40.